The van der Waals surface area contributed by atoms with Crippen LogP contribution in [0.3, 0.4) is 0 Å². The molecule has 0 amide bonds. The highest BCUT2D eigenvalue weighted by Gasteiger charge is 2.19. The summed E-state index contributed by atoms with van der Waals surface area (Å²) < 4.78 is 1.69. The number of benzene rings is 2. The van der Waals surface area contributed by atoms with Crippen LogP contribution in [-0.4, -0.2) is 30.6 Å². The van der Waals surface area contributed by atoms with Gasteiger partial charge in [0, 0.05) is 6.07 Å². The molecular weight excluding hydrogens is 366 g/mol. The van der Waals surface area contributed by atoms with E-state index in [2.05, 4.69) is 20.8 Å². The number of non-ortho nitro benzene ring substituents is 1. The molecule has 1 heterocycles. The fourth-order valence-electron chi connectivity index (χ4n) is 2.47. The number of hydrazone groups is 1. The van der Waals surface area contributed by atoms with Crippen molar-refractivity contribution >= 4 is 22.8 Å². The van der Waals surface area contributed by atoms with E-state index in [0.717, 1.165) is 23.0 Å². The van der Waals surface area contributed by atoms with Crippen molar-refractivity contribution in [3.63, 3.8) is 0 Å². The molecule has 142 valence electrons. The quantitative estimate of drug-likeness (QED) is 0.392. The normalized spacial score (nSPS) is 11.3. The maximum atomic E-state index is 11.2. The summed E-state index contributed by atoms with van der Waals surface area (Å²) in [4.78, 5) is 20.6. The lowest BCUT2D eigenvalue weighted by Gasteiger charge is -2.06. The number of aryl methyl sites for hydroxylation is 1. The van der Waals surface area contributed by atoms with Crippen molar-refractivity contribution in [2.24, 2.45) is 5.10 Å². The van der Waals surface area contributed by atoms with E-state index in [9.17, 15) is 20.2 Å². The maximum absolute atomic E-state index is 11.2. The van der Waals surface area contributed by atoms with Gasteiger partial charge in [-0.3, -0.25) is 25.7 Å². The second kappa shape index (κ2) is 7.61. The molecule has 0 spiro atoms. The predicted molar refractivity (Wildman–Crippen MR) is 102 cm³/mol. The lowest BCUT2D eigenvalue weighted by Crippen LogP contribution is -2.03. The summed E-state index contributed by atoms with van der Waals surface area (Å²) in [7, 11) is 0. The van der Waals surface area contributed by atoms with E-state index in [-0.39, 0.29) is 11.4 Å². The zero-order valence-corrected chi connectivity index (χ0v) is 14.9. The van der Waals surface area contributed by atoms with Gasteiger partial charge in [0.1, 0.15) is 5.69 Å². The van der Waals surface area contributed by atoms with Crippen molar-refractivity contribution in [1.82, 2.24) is 15.0 Å². The minimum atomic E-state index is -0.699. The Morgan fingerprint density at radius 1 is 1.11 bits per heavy atom. The van der Waals surface area contributed by atoms with Crippen LogP contribution in [-0.2, 0) is 0 Å². The molecule has 11 heteroatoms. The monoisotopic (exact) mass is 381 g/mol. The lowest BCUT2D eigenvalue weighted by molar-refractivity contribution is -0.393. The third-order valence-electron chi connectivity index (χ3n) is 3.98. The maximum Gasteiger partial charge on any atom is 0.301 e. The largest absolute Gasteiger partial charge is 0.301 e. The van der Waals surface area contributed by atoms with Gasteiger partial charge in [0.2, 0.25) is 0 Å². The Morgan fingerprint density at radius 2 is 1.82 bits per heavy atom. The van der Waals surface area contributed by atoms with E-state index in [1.54, 1.807) is 17.8 Å². The number of anilines is 1. The van der Waals surface area contributed by atoms with Crippen molar-refractivity contribution in [2.45, 2.75) is 13.8 Å². The molecule has 0 aliphatic rings. The Morgan fingerprint density at radius 3 is 2.39 bits per heavy atom. The number of nitrogens with one attached hydrogen (secondary N) is 1. The van der Waals surface area contributed by atoms with Crippen LogP contribution >= 0.6 is 0 Å². The van der Waals surface area contributed by atoms with Gasteiger partial charge in [-0.15, -0.1) is 5.10 Å². The molecule has 0 aliphatic heterocycles. The first kappa shape index (κ1) is 18.6. The molecule has 3 rings (SSSR count). The van der Waals surface area contributed by atoms with Gasteiger partial charge < -0.3 is 0 Å². The van der Waals surface area contributed by atoms with E-state index in [1.165, 1.54) is 12.1 Å². The Balaban J connectivity index is 1.82. The highest BCUT2D eigenvalue weighted by Crippen LogP contribution is 2.29. The van der Waals surface area contributed by atoms with Crippen molar-refractivity contribution in [1.29, 1.82) is 0 Å². The van der Waals surface area contributed by atoms with Crippen LogP contribution in [0, 0.1) is 27.2 Å². The molecule has 1 N–H and O–H groups in total. The van der Waals surface area contributed by atoms with Gasteiger partial charge in [0.05, 0.1) is 39.2 Å². The van der Waals surface area contributed by atoms with Crippen molar-refractivity contribution in [2.75, 3.05) is 5.43 Å². The molecule has 3 aromatic rings. The second-order valence-electron chi connectivity index (χ2n) is 5.86. The number of hydrogen-bond donors (Lipinski definition) is 1. The van der Waals surface area contributed by atoms with Crippen LogP contribution < -0.4 is 5.43 Å². The van der Waals surface area contributed by atoms with Gasteiger partial charge in [-0.05, 0) is 37.6 Å². The van der Waals surface area contributed by atoms with E-state index < -0.39 is 15.5 Å². The minimum absolute atomic E-state index is 0.0600. The molecule has 28 heavy (non-hydrogen) atoms. The van der Waals surface area contributed by atoms with E-state index in [0.29, 0.717) is 5.71 Å². The molecule has 0 atom stereocenters. The number of aromatic nitrogens is 3. The second-order valence-corrected chi connectivity index (χ2v) is 5.86. The fraction of sp³-hybridized carbons (Fsp3) is 0.118. The first-order valence-corrected chi connectivity index (χ1v) is 8.08. The van der Waals surface area contributed by atoms with Crippen molar-refractivity contribution < 1.29 is 9.85 Å². The van der Waals surface area contributed by atoms with E-state index in [1.807, 2.05) is 31.2 Å². The Hall–Kier alpha value is -4.15. The van der Waals surface area contributed by atoms with Crippen LogP contribution in [0.25, 0.3) is 5.69 Å². The van der Waals surface area contributed by atoms with Crippen LogP contribution in [0.5, 0.6) is 0 Å². The van der Waals surface area contributed by atoms with Crippen LogP contribution in [0.4, 0.5) is 17.1 Å². The van der Waals surface area contributed by atoms with E-state index in [4.69, 9.17) is 0 Å². The Bertz CT molecular complexity index is 1070. The summed E-state index contributed by atoms with van der Waals surface area (Å²) in [5.74, 6) is 0. The van der Waals surface area contributed by atoms with Crippen LogP contribution in [0.15, 0.2) is 53.8 Å². The van der Waals surface area contributed by atoms with Crippen LogP contribution in [0.2, 0.25) is 0 Å². The highest BCUT2D eigenvalue weighted by atomic mass is 16.6. The smallest absolute Gasteiger partial charge is 0.271 e. The first-order valence-electron chi connectivity index (χ1n) is 8.08. The average molecular weight is 381 g/mol. The zero-order valence-electron chi connectivity index (χ0n) is 14.9. The average Bonchev–Trinajstić information content (AvgIpc) is 3.11. The number of nitro groups is 2. The summed E-state index contributed by atoms with van der Waals surface area (Å²) in [5, 5.41) is 34.0. The summed E-state index contributed by atoms with van der Waals surface area (Å²) in [6.07, 6.45) is 1.65. The van der Waals surface area contributed by atoms with Gasteiger partial charge in [0.15, 0.2) is 0 Å². The molecule has 0 saturated carbocycles. The molecule has 0 saturated heterocycles. The highest BCUT2D eigenvalue weighted by molar-refractivity contribution is 5.99. The minimum Gasteiger partial charge on any atom is -0.271 e. The Kier molecular flexibility index (Phi) is 5.07. The van der Waals surface area contributed by atoms with Crippen LogP contribution in [0.1, 0.15) is 18.2 Å². The van der Waals surface area contributed by atoms with Gasteiger partial charge in [0.25, 0.3) is 5.69 Å². The molecular formula is C17H15N7O4. The lowest BCUT2D eigenvalue weighted by atomic mass is 10.1. The third kappa shape index (κ3) is 3.82. The summed E-state index contributed by atoms with van der Waals surface area (Å²) in [6, 6.07) is 10.7. The number of nitrogens with zero attached hydrogens (tertiary/aromatic N) is 6. The Labute approximate surface area is 158 Å². The third-order valence-corrected chi connectivity index (χ3v) is 3.98. The van der Waals surface area contributed by atoms with Gasteiger partial charge in [-0.25, -0.2) is 4.68 Å². The number of rotatable bonds is 6. The van der Waals surface area contributed by atoms with Gasteiger partial charge in [-0.2, -0.15) is 5.10 Å². The molecule has 0 fully saturated rings. The molecule has 0 bridgehead atoms. The van der Waals surface area contributed by atoms with Crippen molar-refractivity contribution in [3.05, 3.63) is 80.1 Å². The number of hydrogen-bond acceptors (Lipinski definition) is 8. The summed E-state index contributed by atoms with van der Waals surface area (Å²) in [6.45, 7) is 3.63. The van der Waals surface area contributed by atoms with Crippen molar-refractivity contribution in [3.8, 4) is 5.69 Å². The molecule has 0 aliphatic carbocycles. The topological polar surface area (TPSA) is 141 Å². The summed E-state index contributed by atoms with van der Waals surface area (Å²) >= 11 is 0. The summed E-state index contributed by atoms with van der Waals surface area (Å²) in [5.41, 5.74) is 4.98. The first-order chi connectivity index (χ1) is 13.4. The molecule has 0 radical (unpaired) electrons. The van der Waals surface area contributed by atoms with Gasteiger partial charge >= 0.3 is 5.69 Å². The molecule has 1 aromatic heterocycles. The predicted octanol–water partition coefficient (Wildman–Crippen LogP) is 3.23. The fourth-order valence-corrected chi connectivity index (χ4v) is 2.47. The standard InChI is InChI=1S/C17H15N7O4/c1-11-10-18-21-22(11)14-5-3-13(4-6-14)12(2)19-20-16-8-7-15(23(25)26)9-17(16)24(27)28/h3-10,20H,1-2H3/b19-12+. The number of nitro benzene ring substituents is 2. The SMILES string of the molecule is C/C(=N\Nc1ccc([N+](=O)[O-])cc1[N+](=O)[O-])c1ccc(-n2nncc2C)cc1. The molecule has 2 aromatic carbocycles. The van der Waals surface area contributed by atoms with Gasteiger partial charge in [-0.1, -0.05) is 17.3 Å². The van der Waals surface area contributed by atoms with E-state index >= 15 is 0 Å². The molecule has 11 nitrogen and oxygen atoms in total. The zero-order chi connectivity index (χ0) is 20.3. The molecule has 0 unspecified atom stereocenters.